The molecule has 1 N–H and O–H groups in total. The van der Waals surface area contributed by atoms with Crippen LogP contribution in [0.4, 0.5) is 5.13 Å². The standard InChI is InChI=1S/C26H18Cl2N2O4S/c1-13-3-5-14(6-4-13)23(31)21-22(15-7-9-17(27)18(28)11-15)30(25(33)24(21)32)26-29-19-10-8-16(34-2)12-20(19)35-26/h3-12,22,31H,1-2H3. The van der Waals surface area contributed by atoms with Gasteiger partial charge in [-0.3, -0.25) is 14.5 Å². The summed E-state index contributed by atoms with van der Waals surface area (Å²) in [7, 11) is 1.57. The fraction of sp³-hybridized carbons (Fsp3) is 0.115. The number of carbonyl (C=O) groups excluding carboxylic acids is 2. The molecule has 1 aliphatic rings. The summed E-state index contributed by atoms with van der Waals surface area (Å²) in [6.07, 6.45) is 0. The number of ketones is 1. The number of halogens is 2. The number of methoxy groups -OCH3 is 1. The van der Waals surface area contributed by atoms with Crippen molar-refractivity contribution in [3.05, 3.63) is 93.0 Å². The SMILES string of the molecule is COc1ccc2nc(N3C(=O)C(=O)C(=C(O)c4ccc(C)cc4)C3c3ccc(Cl)c(Cl)c3)sc2c1. The molecule has 0 spiro atoms. The van der Waals surface area contributed by atoms with Gasteiger partial charge in [-0.05, 0) is 42.8 Å². The van der Waals surface area contributed by atoms with Gasteiger partial charge in [-0.2, -0.15) is 0 Å². The first kappa shape index (κ1) is 23.4. The third-order valence-electron chi connectivity index (χ3n) is 5.82. The molecule has 1 aliphatic heterocycles. The lowest BCUT2D eigenvalue weighted by molar-refractivity contribution is -0.132. The molecule has 1 atom stereocenters. The van der Waals surface area contributed by atoms with Crippen LogP contribution in [-0.4, -0.2) is 28.9 Å². The molecule has 35 heavy (non-hydrogen) atoms. The molecule has 0 bridgehead atoms. The van der Waals surface area contributed by atoms with Gasteiger partial charge in [-0.1, -0.05) is 70.4 Å². The number of hydrogen-bond donors (Lipinski definition) is 1. The van der Waals surface area contributed by atoms with E-state index in [0.717, 1.165) is 10.3 Å². The van der Waals surface area contributed by atoms with E-state index in [2.05, 4.69) is 4.98 Å². The Morgan fingerprint density at radius 1 is 1.03 bits per heavy atom. The fourth-order valence-electron chi connectivity index (χ4n) is 4.02. The van der Waals surface area contributed by atoms with E-state index >= 15 is 0 Å². The second-order valence-electron chi connectivity index (χ2n) is 8.04. The maximum atomic E-state index is 13.4. The number of ether oxygens (including phenoxy) is 1. The van der Waals surface area contributed by atoms with Crippen LogP contribution in [0.1, 0.15) is 22.7 Å². The Morgan fingerprint density at radius 3 is 2.46 bits per heavy atom. The lowest BCUT2D eigenvalue weighted by Crippen LogP contribution is -2.29. The van der Waals surface area contributed by atoms with Gasteiger partial charge in [0.15, 0.2) is 5.13 Å². The van der Waals surface area contributed by atoms with Gasteiger partial charge in [0.05, 0.1) is 39.0 Å². The number of anilines is 1. The molecule has 1 fully saturated rings. The Kier molecular flexibility index (Phi) is 6.01. The first-order valence-corrected chi connectivity index (χ1v) is 12.1. The monoisotopic (exact) mass is 524 g/mol. The van der Waals surface area contributed by atoms with Crippen LogP contribution in [0.2, 0.25) is 10.0 Å². The predicted octanol–water partition coefficient (Wildman–Crippen LogP) is 6.55. The number of aromatic nitrogens is 1. The van der Waals surface area contributed by atoms with E-state index < -0.39 is 17.7 Å². The molecule has 0 aliphatic carbocycles. The maximum Gasteiger partial charge on any atom is 0.301 e. The highest BCUT2D eigenvalue weighted by Gasteiger charge is 2.48. The van der Waals surface area contributed by atoms with E-state index in [1.165, 1.54) is 16.2 Å². The number of rotatable bonds is 4. The minimum Gasteiger partial charge on any atom is -0.507 e. The molecule has 0 saturated carbocycles. The van der Waals surface area contributed by atoms with Crippen LogP contribution in [0.15, 0.2) is 66.2 Å². The van der Waals surface area contributed by atoms with Gasteiger partial charge >= 0.3 is 5.91 Å². The number of aliphatic hydroxyl groups excluding tert-OH is 1. The predicted molar refractivity (Wildman–Crippen MR) is 139 cm³/mol. The Bertz CT molecular complexity index is 1530. The molecule has 1 aromatic heterocycles. The van der Waals surface area contributed by atoms with Crippen LogP contribution in [-0.2, 0) is 9.59 Å². The second-order valence-corrected chi connectivity index (χ2v) is 9.86. The van der Waals surface area contributed by atoms with Gasteiger partial charge in [-0.25, -0.2) is 4.98 Å². The number of amides is 1. The summed E-state index contributed by atoms with van der Waals surface area (Å²) in [5.41, 5.74) is 2.54. The molecule has 9 heteroatoms. The number of aryl methyl sites for hydroxylation is 1. The number of fused-ring (bicyclic) bond motifs is 1. The van der Waals surface area contributed by atoms with Gasteiger partial charge in [-0.15, -0.1) is 0 Å². The third kappa shape index (κ3) is 4.05. The smallest absolute Gasteiger partial charge is 0.301 e. The Hall–Kier alpha value is -3.39. The number of aliphatic hydroxyl groups is 1. The zero-order valence-corrected chi connectivity index (χ0v) is 20.9. The Balaban J connectivity index is 1.73. The summed E-state index contributed by atoms with van der Waals surface area (Å²) < 4.78 is 6.08. The van der Waals surface area contributed by atoms with Gasteiger partial charge in [0.25, 0.3) is 5.78 Å². The highest BCUT2D eigenvalue weighted by Crippen LogP contribution is 2.45. The molecular formula is C26H18Cl2N2O4S. The topological polar surface area (TPSA) is 79.7 Å². The van der Waals surface area contributed by atoms with Crippen molar-refractivity contribution in [2.24, 2.45) is 0 Å². The summed E-state index contributed by atoms with van der Waals surface area (Å²) >= 11 is 13.7. The molecule has 4 aromatic rings. The van der Waals surface area contributed by atoms with Crippen LogP contribution in [0.3, 0.4) is 0 Å². The number of nitrogens with zero attached hydrogens (tertiary/aromatic N) is 2. The third-order valence-corrected chi connectivity index (χ3v) is 7.58. The van der Waals surface area contributed by atoms with Crippen molar-refractivity contribution in [3.63, 3.8) is 0 Å². The van der Waals surface area contributed by atoms with Crippen molar-refractivity contribution in [2.45, 2.75) is 13.0 Å². The van der Waals surface area contributed by atoms with Gasteiger partial charge in [0.2, 0.25) is 0 Å². The maximum absolute atomic E-state index is 13.4. The summed E-state index contributed by atoms with van der Waals surface area (Å²) in [6, 6.07) is 16.3. The van der Waals surface area contributed by atoms with Crippen LogP contribution < -0.4 is 9.64 Å². The number of thiazole rings is 1. The molecule has 1 saturated heterocycles. The highest BCUT2D eigenvalue weighted by molar-refractivity contribution is 7.22. The molecule has 0 radical (unpaired) electrons. The number of Topliss-reactive ketones (excluding diaryl/α,β-unsaturated/α-hetero) is 1. The van der Waals surface area contributed by atoms with E-state index in [1.807, 2.05) is 25.1 Å². The molecular weight excluding hydrogens is 507 g/mol. The molecule has 1 unspecified atom stereocenters. The van der Waals surface area contributed by atoms with E-state index in [9.17, 15) is 14.7 Å². The van der Waals surface area contributed by atoms with Crippen molar-refractivity contribution in [2.75, 3.05) is 12.0 Å². The molecule has 6 nitrogen and oxygen atoms in total. The van der Waals surface area contributed by atoms with Crippen LogP contribution >= 0.6 is 34.5 Å². The summed E-state index contributed by atoms with van der Waals surface area (Å²) in [5.74, 6) is -1.23. The number of carbonyl (C=O) groups is 2. The molecule has 5 rings (SSSR count). The summed E-state index contributed by atoms with van der Waals surface area (Å²) in [6.45, 7) is 1.92. The Morgan fingerprint density at radius 2 is 1.77 bits per heavy atom. The fourth-order valence-corrected chi connectivity index (χ4v) is 5.34. The normalized spacial score (nSPS) is 17.4. The molecule has 2 heterocycles. The first-order chi connectivity index (χ1) is 16.8. The largest absolute Gasteiger partial charge is 0.507 e. The molecule has 3 aromatic carbocycles. The minimum atomic E-state index is -0.950. The van der Waals surface area contributed by atoms with Gasteiger partial charge in [0, 0.05) is 5.56 Å². The number of hydrogen-bond acceptors (Lipinski definition) is 6. The molecule has 1 amide bonds. The van der Waals surface area contributed by atoms with Gasteiger partial charge < -0.3 is 9.84 Å². The zero-order valence-electron chi connectivity index (χ0n) is 18.6. The van der Waals surface area contributed by atoms with Crippen molar-refractivity contribution in [1.82, 2.24) is 4.98 Å². The van der Waals surface area contributed by atoms with Crippen molar-refractivity contribution >= 4 is 67.3 Å². The van der Waals surface area contributed by atoms with Crippen LogP contribution in [0.25, 0.3) is 16.0 Å². The van der Waals surface area contributed by atoms with Crippen molar-refractivity contribution in [3.8, 4) is 5.75 Å². The average molecular weight is 525 g/mol. The second kappa shape index (κ2) is 9.00. The lowest BCUT2D eigenvalue weighted by Gasteiger charge is -2.23. The van der Waals surface area contributed by atoms with Crippen molar-refractivity contribution in [1.29, 1.82) is 0 Å². The van der Waals surface area contributed by atoms with E-state index in [4.69, 9.17) is 27.9 Å². The van der Waals surface area contributed by atoms with E-state index in [-0.39, 0.29) is 16.4 Å². The lowest BCUT2D eigenvalue weighted by atomic mass is 9.95. The quantitative estimate of drug-likeness (QED) is 0.186. The van der Waals surface area contributed by atoms with E-state index in [1.54, 1.807) is 49.6 Å². The number of benzene rings is 3. The Labute approximate surface area is 215 Å². The minimum absolute atomic E-state index is 0.0471. The van der Waals surface area contributed by atoms with E-state index in [0.29, 0.717) is 32.5 Å². The molecule has 176 valence electrons. The zero-order chi connectivity index (χ0) is 24.9. The van der Waals surface area contributed by atoms with Gasteiger partial charge in [0.1, 0.15) is 11.5 Å². The highest BCUT2D eigenvalue weighted by atomic mass is 35.5. The summed E-state index contributed by atoms with van der Waals surface area (Å²) in [5, 5.41) is 12.1. The van der Waals surface area contributed by atoms with Crippen molar-refractivity contribution < 1.29 is 19.4 Å². The van der Waals surface area contributed by atoms with Crippen LogP contribution in [0, 0.1) is 6.92 Å². The first-order valence-electron chi connectivity index (χ1n) is 10.6. The average Bonchev–Trinajstić information content (AvgIpc) is 3.38. The van der Waals surface area contributed by atoms with Crippen LogP contribution in [0.5, 0.6) is 5.75 Å². The summed E-state index contributed by atoms with van der Waals surface area (Å²) in [4.78, 5) is 32.6.